The molecule has 0 saturated heterocycles. The third-order valence-electron chi connectivity index (χ3n) is 5.27. The second-order valence-corrected chi connectivity index (χ2v) is 8.94. The molecule has 9 heteroatoms. The summed E-state index contributed by atoms with van der Waals surface area (Å²) in [7, 11) is -0.951. The number of nitrogens with one attached hydrogen (secondary N) is 3. The maximum absolute atomic E-state index is 12.6. The molecule has 3 N–H and O–H groups in total. The monoisotopic (exact) mass is 406 g/mol. The summed E-state index contributed by atoms with van der Waals surface area (Å²) in [4.78, 5) is 12.6. The highest BCUT2D eigenvalue weighted by Crippen LogP contribution is 2.29. The Bertz CT molecular complexity index is 955. The first kappa shape index (κ1) is 20.3. The number of amides is 1. The number of H-pyrrole nitrogens is 1. The van der Waals surface area contributed by atoms with E-state index in [-0.39, 0.29) is 22.6 Å². The van der Waals surface area contributed by atoms with E-state index in [1.807, 2.05) is 0 Å². The maximum Gasteiger partial charge on any atom is 0.269 e. The van der Waals surface area contributed by atoms with Gasteiger partial charge >= 0.3 is 0 Å². The smallest absolute Gasteiger partial charge is 0.269 e. The van der Waals surface area contributed by atoms with E-state index in [1.54, 1.807) is 18.2 Å². The molecular weight excluding hydrogens is 380 g/mol. The lowest BCUT2D eigenvalue weighted by Gasteiger charge is -2.29. The van der Waals surface area contributed by atoms with Crippen LogP contribution in [0.1, 0.15) is 43.1 Å². The van der Waals surface area contributed by atoms with Gasteiger partial charge in [-0.15, -0.1) is 0 Å². The van der Waals surface area contributed by atoms with Crippen LogP contribution >= 0.6 is 0 Å². The number of carbonyl (C=O) groups excluding carboxylic acids is 1. The number of aromatic nitrogens is 2. The van der Waals surface area contributed by atoms with Crippen molar-refractivity contribution in [1.82, 2.24) is 20.2 Å². The zero-order chi connectivity index (χ0) is 20.3. The SMILES string of the molecule is CNS(=O)(=O)c1cc(-c2cc(C(=O)N[C@H]3CCCC[C@@H]3C)[nH]n2)ccc1OC. The number of sulfonamides is 1. The van der Waals surface area contributed by atoms with Gasteiger partial charge in [-0.3, -0.25) is 9.89 Å². The lowest BCUT2D eigenvalue weighted by Crippen LogP contribution is -2.41. The quantitative estimate of drug-likeness (QED) is 0.681. The fourth-order valence-electron chi connectivity index (χ4n) is 3.52. The van der Waals surface area contributed by atoms with E-state index in [1.165, 1.54) is 26.6 Å². The van der Waals surface area contributed by atoms with Crippen molar-refractivity contribution in [2.75, 3.05) is 14.2 Å². The van der Waals surface area contributed by atoms with Crippen molar-refractivity contribution < 1.29 is 17.9 Å². The summed E-state index contributed by atoms with van der Waals surface area (Å²) in [5, 5.41) is 10.0. The van der Waals surface area contributed by atoms with Crippen molar-refractivity contribution >= 4 is 15.9 Å². The topological polar surface area (TPSA) is 113 Å². The zero-order valence-corrected chi connectivity index (χ0v) is 17.1. The Hall–Kier alpha value is -2.39. The zero-order valence-electron chi connectivity index (χ0n) is 16.3. The first-order valence-electron chi connectivity index (χ1n) is 9.34. The summed E-state index contributed by atoms with van der Waals surface area (Å²) in [6.07, 6.45) is 4.43. The van der Waals surface area contributed by atoms with E-state index in [4.69, 9.17) is 4.74 Å². The number of benzene rings is 1. The highest BCUT2D eigenvalue weighted by molar-refractivity contribution is 7.89. The number of rotatable bonds is 6. The second kappa shape index (κ2) is 8.32. The molecule has 2 atom stereocenters. The van der Waals surface area contributed by atoms with Crippen LogP contribution in [0.4, 0.5) is 0 Å². The standard InChI is InChI=1S/C19H26N4O4S/c1-12-6-4-5-7-14(12)21-19(24)16-11-15(22-23-16)13-8-9-17(27-3)18(10-13)28(25,26)20-2/h8-12,14,20H,4-7H2,1-3H3,(H,21,24)(H,22,23)/t12-,14-/m0/s1. The van der Waals surface area contributed by atoms with E-state index in [0.717, 1.165) is 19.3 Å². The van der Waals surface area contributed by atoms with Gasteiger partial charge in [0.05, 0.1) is 12.8 Å². The van der Waals surface area contributed by atoms with Crippen LogP contribution in [0.15, 0.2) is 29.2 Å². The number of hydrogen-bond donors (Lipinski definition) is 3. The Morgan fingerprint density at radius 3 is 2.68 bits per heavy atom. The van der Waals surface area contributed by atoms with Crippen LogP contribution < -0.4 is 14.8 Å². The van der Waals surface area contributed by atoms with Crippen molar-refractivity contribution in [3.05, 3.63) is 30.0 Å². The Morgan fingerprint density at radius 1 is 1.25 bits per heavy atom. The van der Waals surface area contributed by atoms with Gasteiger partial charge in [-0.25, -0.2) is 13.1 Å². The lowest BCUT2D eigenvalue weighted by atomic mass is 9.86. The predicted molar refractivity (Wildman–Crippen MR) is 106 cm³/mol. The molecule has 3 rings (SSSR count). The Morgan fingerprint density at radius 2 is 2.00 bits per heavy atom. The lowest BCUT2D eigenvalue weighted by molar-refractivity contribution is 0.0905. The summed E-state index contributed by atoms with van der Waals surface area (Å²) in [5.74, 6) is 0.489. The fraction of sp³-hybridized carbons (Fsp3) is 0.474. The summed E-state index contributed by atoms with van der Waals surface area (Å²) in [6.45, 7) is 2.16. The normalized spacial score (nSPS) is 20.0. The number of methoxy groups -OCH3 is 1. The van der Waals surface area contributed by atoms with Gasteiger partial charge in [0, 0.05) is 11.6 Å². The molecule has 0 unspecified atom stereocenters. The highest BCUT2D eigenvalue weighted by atomic mass is 32.2. The third-order valence-corrected chi connectivity index (χ3v) is 6.70. The molecule has 1 fully saturated rings. The highest BCUT2D eigenvalue weighted by Gasteiger charge is 2.24. The van der Waals surface area contributed by atoms with Crippen molar-refractivity contribution in [3.63, 3.8) is 0 Å². The van der Waals surface area contributed by atoms with Crippen LogP contribution in [0, 0.1) is 5.92 Å². The Balaban J connectivity index is 1.83. The van der Waals surface area contributed by atoms with Gasteiger partial charge in [-0.05, 0) is 50.1 Å². The fourth-order valence-corrected chi connectivity index (χ4v) is 4.44. The minimum Gasteiger partial charge on any atom is -0.495 e. The summed E-state index contributed by atoms with van der Waals surface area (Å²) >= 11 is 0. The van der Waals surface area contributed by atoms with E-state index in [0.29, 0.717) is 22.9 Å². The molecule has 0 spiro atoms. The molecule has 8 nitrogen and oxygen atoms in total. The van der Waals surface area contributed by atoms with E-state index < -0.39 is 10.0 Å². The average molecular weight is 407 g/mol. The third kappa shape index (κ3) is 4.20. The van der Waals surface area contributed by atoms with Crippen molar-refractivity contribution in [2.45, 2.75) is 43.5 Å². The van der Waals surface area contributed by atoms with Crippen LogP contribution in [-0.2, 0) is 10.0 Å². The molecular formula is C19H26N4O4S. The van der Waals surface area contributed by atoms with Crippen molar-refractivity contribution in [2.24, 2.45) is 5.92 Å². The molecule has 1 amide bonds. The first-order valence-corrected chi connectivity index (χ1v) is 10.8. The molecule has 1 aliphatic rings. The number of nitrogens with zero attached hydrogens (tertiary/aromatic N) is 1. The number of aromatic amines is 1. The van der Waals surface area contributed by atoms with Gasteiger partial charge in [-0.2, -0.15) is 5.10 Å². The van der Waals surface area contributed by atoms with Gasteiger partial charge in [0.1, 0.15) is 16.3 Å². The first-order chi connectivity index (χ1) is 13.4. The molecule has 1 saturated carbocycles. The predicted octanol–water partition coefficient (Wildman–Crippen LogP) is 2.30. The molecule has 28 heavy (non-hydrogen) atoms. The Kier molecular flexibility index (Phi) is 6.04. The van der Waals surface area contributed by atoms with E-state index in [9.17, 15) is 13.2 Å². The Labute approximate surface area is 165 Å². The molecule has 1 heterocycles. The summed E-state index contributed by atoms with van der Waals surface area (Å²) in [5.41, 5.74) is 1.40. The summed E-state index contributed by atoms with van der Waals surface area (Å²) < 4.78 is 31.9. The van der Waals surface area contributed by atoms with Gasteiger partial charge in [0.2, 0.25) is 10.0 Å². The van der Waals surface area contributed by atoms with Crippen LogP contribution in [0.3, 0.4) is 0 Å². The number of carbonyl (C=O) groups is 1. The molecule has 0 bridgehead atoms. The largest absolute Gasteiger partial charge is 0.495 e. The van der Waals surface area contributed by atoms with Gasteiger partial charge in [0.15, 0.2) is 0 Å². The molecule has 1 aromatic carbocycles. The van der Waals surface area contributed by atoms with E-state index in [2.05, 4.69) is 27.2 Å². The minimum atomic E-state index is -3.70. The van der Waals surface area contributed by atoms with Gasteiger partial charge < -0.3 is 10.1 Å². The molecule has 1 aliphatic carbocycles. The van der Waals surface area contributed by atoms with Crippen molar-refractivity contribution in [3.8, 4) is 17.0 Å². The van der Waals surface area contributed by atoms with E-state index >= 15 is 0 Å². The maximum atomic E-state index is 12.6. The van der Waals surface area contributed by atoms with Gasteiger partial charge in [0.25, 0.3) is 5.91 Å². The molecule has 0 aliphatic heterocycles. The van der Waals surface area contributed by atoms with Gasteiger partial charge in [-0.1, -0.05) is 19.8 Å². The molecule has 0 radical (unpaired) electrons. The molecule has 2 aromatic rings. The number of hydrogen-bond acceptors (Lipinski definition) is 5. The number of ether oxygens (including phenoxy) is 1. The average Bonchev–Trinajstić information content (AvgIpc) is 3.19. The summed E-state index contributed by atoms with van der Waals surface area (Å²) in [6, 6.07) is 6.54. The second-order valence-electron chi connectivity index (χ2n) is 7.08. The van der Waals surface area contributed by atoms with Crippen LogP contribution in [0.5, 0.6) is 5.75 Å². The van der Waals surface area contributed by atoms with Crippen LogP contribution in [0.2, 0.25) is 0 Å². The van der Waals surface area contributed by atoms with Crippen LogP contribution in [-0.4, -0.2) is 44.7 Å². The molecule has 1 aromatic heterocycles. The minimum absolute atomic E-state index is 0.0139. The van der Waals surface area contributed by atoms with Crippen molar-refractivity contribution in [1.29, 1.82) is 0 Å². The molecule has 152 valence electrons. The van der Waals surface area contributed by atoms with Crippen LogP contribution in [0.25, 0.3) is 11.3 Å².